The van der Waals surface area contributed by atoms with Gasteiger partial charge in [0.05, 0.1) is 21.3 Å². The standard InChI is InChI=1S/C20H23NO4/c1-13(14-7-8-17(21(2)3)16(9-14)12-22)15-10-18(23-4)20(25-6)19(11-15)24-5/h7-12H,1H2,2-6H3. The molecule has 2 aromatic carbocycles. The van der Waals surface area contributed by atoms with Crippen molar-refractivity contribution in [1.82, 2.24) is 0 Å². The smallest absolute Gasteiger partial charge is 0.203 e. The van der Waals surface area contributed by atoms with Crippen molar-refractivity contribution >= 4 is 17.5 Å². The Morgan fingerprint density at radius 1 is 0.960 bits per heavy atom. The van der Waals surface area contributed by atoms with Crippen LogP contribution in [0.4, 0.5) is 5.69 Å². The minimum absolute atomic E-state index is 0.526. The van der Waals surface area contributed by atoms with E-state index < -0.39 is 0 Å². The molecule has 5 nitrogen and oxygen atoms in total. The van der Waals surface area contributed by atoms with Crippen LogP contribution < -0.4 is 19.1 Å². The van der Waals surface area contributed by atoms with E-state index in [0.717, 1.165) is 28.7 Å². The van der Waals surface area contributed by atoms with Crippen LogP contribution in [0.25, 0.3) is 5.57 Å². The van der Waals surface area contributed by atoms with Crippen LogP contribution in [0.15, 0.2) is 36.9 Å². The topological polar surface area (TPSA) is 48.0 Å². The number of hydrogen-bond donors (Lipinski definition) is 0. The van der Waals surface area contributed by atoms with Crippen LogP contribution in [0.1, 0.15) is 21.5 Å². The Bertz CT molecular complexity index is 771. The number of hydrogen-bond acceptors (Lipinski definition) is 5. The molecule has 2 rings (SSSR count). The first-order valence-corrected chi connectivity index (χ1v) is 7.73. The second-order valence-electron chi connectivity index (χ2n) is 5.68. The maximum atomic E-state index is 11.4. The molecule has 0 N–H and O–H groups in total. The number of aldehydes is 1. The summed E-state index contributed by atoms with van der Waals surface area (Å²) in [6.45, 7) is 4.17. The molecule has 25 heavy (non-hydrogen) atoms. The molecule has 2 aromatic rings. The van der Waals surface area contributed by atoms with E-state index in [1.807, 2.05) is 49.3 Å². The van der Waals surface area contributed by atoms with Crippen LogP contribution in [-0.4, -0.2) is 41.7 Å². The monoisotopic (exact) mass is 341 g/mol. The van der Waals surface area contributed by atoms with Gasteiger partial charge >= 0.3 is 0 Å². The highest BCUT2D eigenvalue weighted by Gasteiger charge is 2.16. The minimum Gasteiger partial charge on any atom is -0.493 e. The van der Waals surface area contributed by atoms with Crippen LogP contribution in [-0.2, 0) is 0 Å². The summed E-state index contributed by atoms with van der Waals surface area (Å²) in [5, 5.41) is 0. The Hall–Kier alpha value is -2.95. The van der Waals surface area contributed by atoms with Gasteiger partial charge in [0.2, 0.25) is 5.75 Å². The number of nitrogens with zero attached hydrogens (tertiary/aromatic N) is 1. The van der Waals surface area contributed by atoms with Crippen molar-refractivity contribution in [1.29, 1.82) is 0 Å². The number of ether oxygens (including phenoxy) is 3. The second-order valence-corrected chi connectivity index (χ2v) is 5.68. The number of carbonyl (C=O) groups excluding carboxylic acids is 1. The highest BCUT2D eigenvalue weighted by atomic mass is 16.5. The Kier molecular flexibility index (Phi) is 5.70. The van der Waals surface area contributed by atoms with E-state index in [1.165, 1.54) is 0 Å². The van der Waals surface area contributed by atoms with E-state index in [4.69, 9.17) is 14.2 Å². The van der Waals surface area contributed by atoms with Crippen molar-refractivity contribution in [3.05, 3.63) is 53.6 Å². The van der Waals surface area contributed by atoms with E-state index in [9.17, 15) is 4.79 Å². The normalized spacial score (nSPS) is 10.1. The van der Waals surface area contributed by atoms with Crippen LogP contribution in [0.2, 0.25) is 0 Å². The lowest BCUT2D eigenvalue weighted by Gasteiger charge is -2.18. The van der Waals surface area contributed by atoms with Crippen LogP contribution in [0.3, 0.4) is 0 Å². The average molecular weight is 341 g/mol. The van der Waals surface area contributed by atoms with Gasteiger partial charge in [-0.3, -0.25) is 4.79 Å². The molecule has 0 spiro atoms. The molecular weight excluding hydrogens is 318 g/mol. The maximum absolute atomic E-state index is 11.4. The van der Waals surface area contributed by atoms with Gasteiger partial charge in [-0.15, -0.1) is 0 Å². The van der Waals surface area contributed by atoms with Gasteiger partial charge in [0.1, 0.15) is 0 Å². The molecule has 0 atom stereocenters. The zero-order valence-corrected chi connectivity index (χ0v) is 15.3. The third-order valence-corrected chi connectivity index (χ3v) is 4.00. The third-order valence-electron chi connectivity index (χ3n) is 4.00. The summed E-state index contributed by atoms with van der Waals surface area (Å²) in [7, 11) is 8.50. The number of rotatable bonds is 7. The zero-order chi connectivity index (χ0) is 18.6. The van der Waals surface area contributed by atoms with Crippen LogP contribution >= 0.6 is 0 Å². The van der Waals surface area contributed by atoms with Crippen molar-refractivity contribution in [3.63, 3.8) is 0 Å². The number of carbonyl (C=O) groups is 1. The number of methoxy groups -OCH3 is 3. The van der Waals surface area contributed by atoms with E-state index in [-0.39, 0.29) is 0 Å². The molecule has 0 heterocycles. The summed E-state index contributed by atoms with van der Waals surface area (Å²) in [6, 6.07) is 9.35. The van der Waals surface area contributed by atoms with Crippen molar-refractivity contribution in [3.8, 4) is 17.2 Å². The molecule has 0 aliphatic carbocycles. The summed E-state index contributed by atoms with van der Waals surface area (Å²) in [4.78, 5) is 13.3. The quantitative estimate of drug-likeness (QED) is 0.720. The first kappa shape index (κ1) is 18.4. The summed E-state index contributed by atoms with van der Waals surface area (Å²) < 4.78 is 16.1. The van der Waals surface area contributed by atoms with Gasteiger partial charge in [-0.1, -0.05) is 12.6 Å². The summed E-state index contributed by atoms with van der Waals surface area (Å²) in [5.74, 6) is 1.63. The van der Waals surface area contributed by atoms with Crippen LogP contribution in [0.5, 0.6) is 17.2 Å². The van der Waals surface area contributed by atoms with Crippen LogP contribution in [0, 0.1) is 0 Å². The lowest BCUT2D eigenvalue weighted by molar-refractivity contribution is 0.112. The van der Waals surface area contributed by atoms with E-state index in [2.05, 4.69) is 6.58 Å². The molecule has 0 aliphatic heterocycles. The Morgan fingerprint density at radius 3 is 2.00 bits per heavy atom. The first-order chi connectivity index (χ1) is 12.0. The van der Waals surface area contributed by atoms with Gasteiger partial charge in [-0.25, -0.2) is 0 Å². The molecule has 0 aromatic heterocycles. The fourth-order valence-corrected chi connectivity index (χ4v) is 2.67. The number of anilines is 1. The lowest BCUT2D eigenvalue weighted by atomic mass is 9.96. The molecule has 5 heteroatoms. The van der Waals surface area contributed by atoms with Crippen molar-refractivity contribution in [2.75, 3.05) is 40.3 Å². The predicted octanol–water partition coefficient (Wildman–Crippen LogP) is 3.65. The van der Waals surface area contributed by atoms with Crippen molar-refractivity contribution in [2.24, 2.45) is 0 Å². The molecule has 0 aliphatic rings. The van der Waals surface area contributed by atoms with Crippen molar-refractivity contribution in [2.45, 2.75) is 0 Å². The summed E-state index contributed by atoms with van der Waals surface area (Å²) in [6.07, 6.45) is 0.849. The molecule has 0 unspecified atom stereocenters. The lowest BCUT2D eigenvalue weighted by Crippen LogP contribution is -2.11. The van der Waals surface area contributed by atoms with Gasteiger partial charge in [0.15, 0.2) is 17.8 Å². The predicted molar refractivity (Wildman–Crippen MR) is 100 cm³/mol. The molecule has 0 saturated carbocycles. The molecule has 0 radical (unpaired) electrons. The molecular formula is C20H23NO4. The molecule has 0 bridgehead atoms. The number of benzene rings is 2. The van der Waals surface area contributed by atoms with Gasteiger partial charge in [0, 0.05) is 25.3 Å². The fraction of sp³-hybridized carbons (Fsp3) is 0.250. The van der Waals surface area contributed by atoms with Gasteiger partial charge in [-0.2, -0.15) is 0 Å². The zero-order valence-electron chi connectivity index (χ0n) is 15.3. The molecule has 132 valence electrons. The molecule has 0 amide bonds. The second kappa shape index (κ2) is 7.75. The SMILES string of the molecule is C=C(c1ccc(N(C)C)c(C=O)c1)c1cc(OC)c(OC)c(OC)c1. The van der Waals surface area contributed by atoms with E-state index in [0.29, 0.717) is 22.8 Å². The van der Waals surface area contributed by atoms with E-state index in [1.54, 1.807) is 21.3 Å². The summed E-state index contributed by atoms with van der Waals surface area (Å²) in [5.41, 5.74) is 3.89. The molecule has 0 fully saturated rings. The average Bonchev–Trinajstić information content (AvgIpc) is 2.65. The Morgan fingerprint density at radius 2 is 1.56 bits per heavy atom. The highest BCUT2D eigenvalue weighted by molar-refractivity contribution is 5.89. The van der Waals surface area contributed by atoms with Gasteiger partial charge < -0.3 is 19.1 Å². The van der Waals surface area contributed by atoms with Gasteiger partial charge in [-0.05, 0) is 41.0 Å². The van der Waals surface area contributed by atoms with Crippen molar-refractivity contribution < 1.29 is 19.0 Å². The molecule has 0 saturated heterocycles. The largest absolute Gasteiger partial charge is 0.493 e. The highest BCUT2D eigenvalue weighted by Crippen LogP contribution is 2.40. The van der Waals surface area contributed by atoms with Gasteiger partial charge in [0.25, 0.3) is 0 Å². The maximum Gasteiger partial charge on any atom is 0.203 e. The Balaban J connectivity index is 2.52. The first-order valence-electron chi connectivity index (χ1n) is 7.73. The summed E-state index contributed by atoms with van der Waals surface area (Å²) >= 11 is 0. The van der Waals surface area contributed by atoms with E-state index >= 15 is 0 Å². The Labute approximate surface area is 148 Å². The third kappa shape index (κ3) is 3.60. The fourth-order valence-electron chi connectivity index (χ4n) is 2.67. The minimum atomic E-state index is 0.526.